The summed E-state index contributed by atoms with van der Waals surface area (Å²) in [5.41, 5.74) is 10.2. The van der Waals surface area contributed by atoms with Crippen LogP contribution in [0.15, 0.2) is 124 Å². The van der Waals surface area contributed by atoms with Crippen LogP contribution in [0.4, 0.5) is 0 Å². The summed E-state index contributed by atoms with van der Waals surface area (Å²) >= 11 is 0. The number of aromatic hydroxyl groups is 1. The van der Waals surface area contributed by atoms with Crippen LogP contribution in [-0.4, -0.2) is 112 Å². The van der Waals surface area contributed by atoms with Crippen molar-refractivity contribution in [1.82, 2.24) is 26.6 Å². The summed E-state index contributed by atoms with van der Waals surface area (Å²) in [6.45, 7) is 6.74. The van der Waals surface area contributed by atoms with Crippen molar-refractivity contribution in [2.24, 2.45) is 63.4 Å². The van der Waals surface area contributed by atoms with E-state index in [0.717, 1.165) is 92.3 Å². The normalized spacial score (nSPS) is 42.6. The average Bonchev–Trinajstić information content (AvgIpc) is 1.46. The van der Waals surface area contributed by atoms with Crippen molar-refractivity contribution in [1.29, 1.82) is 0 Å². The molecule has 15 nitrogen and oxygen atoms in total. The fourth-order valence-corrected chi connectivity index (χ4v) is 22.9. The van der Waals surface area contributed by atoms with E-state index in [1.54, 1.807) is 12.1 Å². The number of nitrogens with two attached hydrogens (primary N) is 1. The molecule has 1 unspecified atom stereocenters. The Labute approximate surface area is 554 Å². The van der Waals surface area contributed by atoms with E-state index < -0.39 is 82.1 Å². The lowest BCUT2D eigenvalue weighted by Gasteiger charge is -2.64. The zero-order valence-corrected chi connectivity index (χ0v) is 55.5. The molecule has 2 aromatic carbocycles. The van der Waals surface area contributed by atoms with Gasteiger partial charge in [-0.1, -0.05) is 92.0 Å². The number of ketones is 2. The minimum atomic E-state index is -2.38. The minimum Gasteiger partial charge on any atom is -0.508 e. The number of hydrogen-bond donors (Lipinski definition) is 10. The third-order valence-electron chi connectivity index (χ3n) is 27.1. The van der Waals surface area contributed by atoms with Gasteiger partial charge in [0.15, 0.2) is 11.4 Å². The number of aliphatic hydroxyl groups excluding tert-OH is 3. The molecule has 7 heterocycles. The molecular weight excluding hydrogens is 1180 g/mol. The number of esters is 1. The zero-order chi connectivity index (χ0) is 64.8. The number of hydrogen-bond acceptors (Lipinski definition) is 15. The molecular formula is C79H98N6O9. The van der Waals surface area contributed by atoms with Gasteiger partial charge in [-0.3, -0.25) is 14.9 Å². The Hall–Kier alpha value is -6.09. The number of allylic oxidation sites excluding steroid dienone is 8. The monoisotopic (exact) mass is 1270 g/mol. The standard InChI is InChI=1S/C79H98N6O9/c1-44(20-21-48-25-28-82-72-56(48)22-23-66(81-4)84-72)52(42-86)37-78-69(90)57-19-10-16-51-35-74(3)26-6-5-12-47-13-8-15-50-36-76-40-62-60(68(64(76)31-58(47)50)93-73(92)79(78,94-78)70(91)67(51)57)33-65(89)77(43-75(27-24-55(88)39-75)38-53(77)17-7-11-45(2)85-76)63(62)32-59(49-14-9-18-54(87)30-49)61-29-46(34-74)41-83-71(61)80/h8-10,14-16,18-19,25,29-30,36,41,45,47,53,55,58-60,62-66,68,71,81-89H,5-6,12-13,17,20-24,26-28,31-35,37-40,42-43,80H2,1-4H3/b52-44-/t45-,47+,53+,55+,58+,59-,60-,62+,63+,64+,65-,66-,68-,71?,74+,75-,76+,77-,78+,79+/m1/s1. The van der Waals surface area contributed by atoms with E-state index in [4.69, 9.17) is 15.2 Å². The van der Waals surface area contributed by atoms with Crippen LogP contribution in [0.25, 0.3) is 0 Å². The maximum atomic E-state index is 17.1. The number of benzene rings is 2. The van der Waals surface area contributed by atoms with E-state index in [9.17, 15) is 20.4 Å². The van der Waals surface area contributed by atoms with Crippen molar-refractivity contribution in [3.05, 3.63) is 146 Å². The van der Waals surface area contributed by atoms with E-state index in [-0.39, 0.29) is 76.4 Å². The molecule has 0 aromatic heterocycles. The second kappa shape index (κ2) is 23.3. The number of phenolic OH excluding ortho intramolecular Hbond substituents is 1. The first-order valence-electron chi connectivity index (χ1n) is 36.1. The van der Waals surface area contributed by atoms with E-state index in [1.807, 2.05) is 38.2 Å². The van der Waals surface area contributed by atoms with Crippen LogP contribution < -0.4 is 32.3 Å². The molecule has 20 atom stereocenters. The number of rotatable bonds is 8. The van der Waals surface area contributed by atoms with Crippen LogP contribution in [0.5, 0.6) is 5.75 Å². The Balaban J connectivity index is 0.906. The largest absolute Gasteiger partial charge is 0.508 e. The highest BCUT2D eigenvalue weighted by molar-refractivity contribution is 6.33. The van der Waals surface area contributed by atoms with Crippen LogP contribution in [0.3, 0.4) is 0 Å². The Morgan fingerprint density at radius 3 is 2.64 bits per heavy atom. The van der Waals surface area contributed by atoms with Crippen LogP contribution >= 0.6 is 0 Å². The second-order valence-corrected chi connectivity index (χ2v) is 32.4. The lowest BCUT2D eigenvalue weighted by molar-refractivity contribution is -0.205. The van der Waals surface area contributed by atoms with Gasteiger partial charge in [-0.05, 0) is 234 Å². The van der Waals surface area contributed by atoms with Gasteiger partial charge in [0.05, 0.1) is 37.2 Å². The summed E-state index contributed by atoms with van der Waals surface area (Å²) in [5, 5.41) is 67.4. The SMILES string of the molecule is CN[C@H]1CCC2=C(NCC=C2CC/C(C)=C(\CO)C[C@@]23O[C@@]24C(=O)O[C@@H]2[C@@H]5C[C@@H](O)[C@]67C[C@]8(CC[C@H](O)C8)C[C@@H]6CC#C[C@@H](C)N[C@@]68C=C9C=CC[C@H](CCCC[C@@](C)(CC%10=CNC(N)C(=C%10)[C@@H](c%10cccc(O)c%10)C[C@H]7[C@H]5C6)Cc5cccc(c5C4=O)C3=O)[C@@H]9C[C@@H]28)N1. The van der Waals surface area contributed by atoms with Gasteiger partial charge >= 0.3 is 5.97 Å². The number of Topliss-reactive ketones (excluding diaryl/α,β-unsaturated/α-hetero) is 2. The number of dihydropyridines is 2. The number of carbonyl (C=O) groups excluding carboxylic acids is 3. The first-order valence-corrected chi connectivity index (χ1v) is 36.1. The zero-order valence-electron chi connectivity index (χ0n) is 55.5. The number of nitrogens with one attached hydrogen (secondary N) is 5. The van der Waals surface area contributed by atoms with E-state index in [1.165, 1.54) is 16.7 Å². The fraction of sp³-hybridized carbons (Fsp3) is 0.608. The number of ether oxygens (including phenoxy) is 2. The number of aliphatic hydroxyl groups is 3. The minimum absolute atomic E-state index is 0.0342. The van der Waals surface area contributed by atoms with Gasteiger partial charge in [0.1, 0.15) is 17.7 Å². The van der Waals surface area contributed by atoms with Gasteiger partial charge in [0.25, 0.3) is 5.60 Å². The number of phenols is 1. The molecule has 1 saturated heterocycles. The van der Waals surface area contributed by atoms with E-state index in [0.29, 0.717) is 94.2 Å². The van der Waals surface area contributed by atoms with Crippen molar-refractivity contribution < 1.29 is 44.3 Å². The highest BCUT2D eigenvalue weighted by atomic mass is 16.7. The molecule has 16 rings (SSSR count). The molecule has 0 amide bonds. The molecule has 13 bridgehead atoms. The van der Waals surface area contributed by atoms with Crippen LogP contribution in [0, 0.1) is 69.5 Å². The predicted molar refractivity (Wildman–Crippen MR) is 359 cm³/mol. The van der Waals surface area contributed by atoms with Gasteiger partial charge in [-0.15, -0.1) is 5.92 Å². The highest BCUT2D eigenvalue weighted by Gasteiger charge is 2.86. The Morgan fingerprint density at radius 1 is 0.957 bits per heavy atom. The molecule has 4 saturated carbocycles. The summed E-state index contributed by atoms with van der Waals surface area (Å²) in [5.74, 6) is 5.71. The summed E-state index contributed by atoms with van der Waals surface area (Å²) in [7, 11) is 1.96. The second-order valence-electron chi connectivity index (χ2n) is 32.4. The van der Waals surface area contributed by atoms with Crippen molar-refractivity contribution in [3.8, 4) is 17.6 Å². The quantitative estimate of drug-likeness (QED) is 0.0389. The number of carbonyl (C=O) groups is 3. The number of epoxide rings is 1. The first kappa shape index (κ1) is 62.7. The predicted octanol–water partition coefficient (Wildman–Crippen LogP) is 9.95. The summed E-state index contributed by atoms with van der Waals surface area (Å²) in [6, 6.07) is 12.9. The topological polar surface area (TPSA) is 240 Å². The average molecular weight is 1280 g/mol. The summed E-state index contributed by atoms with van der Waals surface area (Å²) in [4.78, 5) is 50.2. The van der Waals surface area contributed by atoms with Crippen molar-refractivity contribution >= 4 is 17.5 Å². The molecule has 4 spiro atoms. The smallest absolute Gasteiger partial charge is 0.350 e. The van der Waals surface area contributed by atoms with Gasteiger partial charge in [0, 0.05) is 65.4 Å². The molecule has 94 heavy (non-hydrogen) atoms. The molecule has 7 aliphatic heterocycles. The number of fused-ring (bicyclic) bond motifs is 3. The van der Waals surface area contributed by atoms with E-state index >= 15 is 14.4 Å². The highest BCUT2D eigenvalue weighted by Crippen LogP contribution is 2.73. The van der Waals surface area contributed by atoms with Crippen molar-refractivity contribution in [2.75, 3.05) is 20.2 Å². The van der Waals surface area contributed by atoms with Gasteiger partial charge in [-0.2, -0.15) is 0 Å². The maximum absolute atomic E-state index is 17.1. The van der Waals surface area contributed by atoms with Crippen LogP contribution in [0.1, 0.15) is 193 Å². The maximum Gasteiger partial charge on any atom is 0.350 e. The molecule has 498 valence electrons. The molecule has 14 aliphatic rings. The molecule has 0 radical (unpaired) electrons. The van der Waals surface area contributed by atoms with Gasteiger partial charge in [0.2, 0.25) is 5.78 Å². The Bertz CT molecular complexity index is 3790. The van der Waals surface area contributed by atoms with Crippen LogP contribution in [-0.2, 0) is 20.7 Å². The van der Waals surface area contributed by atoms with Crippen molar-refractivity contribution in [2.45, 2.75) is 221 Å². The summed E-state index contributed by atoms with van der Waals surface area (Å²) < 4.78 is 14.7. The van der Waals surface area contributed by atoms with E-state index in [2.05, 4.69) is 94.9 Å². The fourth-order valence-electron chi connectivity index (χ4n) is 22.9. The van der Waals surface area contributed by atoms with Gasteiger partial charge in [-0.25, -0.2) is 4.79 Å². The third kappa shape index (κ3) is 9.92. The Morgan fingerprint density at radius 2 is 1.82 bits per heavy atom. The molecule has 5 fully saturated rings. The third-order valence-corrected chi connectivity index (χ3v) is 27.1. The van der Waals surface area contributed by atoms with Crippen LogP contribution in [0.2, 0.25) is 0 Å². The molecule has 2 aromatic rings. The first-order chi connectivity index (χ1) is 45.3. The Kier molecular flexibility index (Phi) is 15.5. The lowest BCUT2D eigenvalue weighted by Crippen LogP contribution is -2.69. The molecule has 15 heteroatoms. The summed E-state index contributed by atoms with van der Waals surface area (Å²) in [6.07, 6.45) is 26.6. The van der Waals surface area contributed by atoms with Crippen molar-refractivity contribution in [3.63, 3.8) is 0 Å². The van der Waals surface area contributed by atoms with Gasteiger partial charge < -0.3 is 56.9 Å². The lowest BCUT2D eigenvalue weighted by atomic mass is 9.43. The molecule has 7 aliphatic carbocycles. The molecule has 11 N–H and O–H groups in total.